The van der Waals surface area contributed by atoms with E-state index < -0.39 is 0 Å². The van der Waals surface area contributed by atoms with Crippen LogP contribution in [0.15, 0.2) is 42.7 Å². The van der Waals surface area contributed by atoms with Gasteiger partial charge in [0, 0.05) is 24.6 Å². The molecule has 0 saturated heterocycles. The minimum atomic E-state index is 0.629. The Balaban J connectivity index is 2.05. The second kappa shape index (κ2) is 4.86. The molecule has 4 heteroatoms. The van der Waals surface area contributed by atoms with Gasteiger partial charge in [0.15, 0.2) is 0 Å². The number of halogens is 1. The third-order valence-corrected chi connectivity index (χ3v) is 2.51. The highest BCUT2D eigenvalue weighted by atomic mass is 35.5. The highest BCUT2D eigenvalue weighted by Gasteiger charge is 2.00. The van der Waals surface area contributed by atoms with Crippen LogP contribution in [0.4, 0.5) is 11.4 Å². The summed E-state index contributed by atoms with van der Waals surface area (Å²) in [7, 11) is 0. The summed E-state index contributed by atoms with van der Waals surface area (Å²) in [6, 6.07) is 9.32. The first-order valence-electron chi connectivity index (χ1n) is 4.93. The molecule has 0 radical (unpaired) electrons. The highest BCUT2D eigenvalue weighted by molar-refractivity contribution is 6.33. The van der Waals surface area contributed by atoms with Crippen molar-refractivity contribution >= 4 is 23.0 Å². The summed E-state index contributed by atoms with van der Waals surface area (Å²) in [5, 5.41) is 3.86. The van der Waals surface area contributed by atoms with Crippen molar-refractivity contribution in [3.05, 3.63) is 53.3 Å². The van der Waals surface area contributed by atoms with Gasteiger partial charge in [0.1, 0.15) is 0 Å². The first kappa shape index (κ1) is 10.8. The summed E-state index contributed by atoms with van der Waals surface area (Å²) >= 11 is 6.04. The van der Waals surface area contributed by atoms with Gasteiger partial charge >= 0.3 is 0 Å². The Kier molecular flexibility index (Phi) is 3.27. The standard InChI is InChI=1S/C12H12ClN3/c13-11-6-10(14)3-4-12(11)16-8-9-2-1-5-15-7-9/h1-7,16H,8,14H2. The Morgan fingerprint density at radius 3 is 2.88 bits per heavy atom. The number of hydrogen-bond acceptors (Lipinski definition) is 3. The molecule has 0 bridgehead atoms. The molecule has 1 heterocycles. The summed E-state index contributed by atoms with van der Waals surface area (Å²) in [4.78, 5) is 4.04. The minimum Gasteiger partial charge on any atom is -0.399 e. The molecule has 0 saturated carbocycles. The minimum absolute atomic E-state index is 0.629. The second-order valence-corrected chi connectivity index (χ2v) is 3.86. The first-order valence-corrected chi connectivity index (χ1v) is 5.31. The van der Waals surface area contributed by atoms with E-state index in [1.807, 2.05) is 30.5 Å². The van der Waals surface area contributed by atoms with Gasteiger partial charge in [-0.15, -0.1) is 0 Å². The average Bonchev–Trinajstić information content (AvgIpc) is 2.29. The van der Waals surface area contributed by atoms with Crippen molar-refractivity contribution in [2.45, 2.75) is 6.54 Å². The topological polar surface area (TPSA) is 50.9 Å². The van der Waals surface area contributed by atoms with Gasteiger partial charge in [0.05, 0.1) is 10.7 Å². The Morgan fingerprint density at radius 2 is 2.19 bits per heavy atom. The maximum Gasteiger partial charge on any atom is 0.0658 e. The van der Waals surface area contributed by atoms with Crippen molar-refractivity contribution in [3.63, 3.8) is 0 Å². The van der Waals surface area contributed by atoms with Crippen LogP contribution in [0.2, 0.25) is 5.02 Å². The summed E-state index contributed by atoms with van der Waals surface area (Å²) in [6.45, 7) is 0.692. The van der Waals surface area contributed by atoms with Gasteiger partial charge in [0.2, 0.25) is 0 Å². The molecule has 0 spiro atoms. The highest BCUT2D eigenvalue weighted by Crippen LogP contribution is 2.24. The molecule has 0 unspecified atom stereocenters. The Labute approximate surface area is 99.3 Å². The number of anilines is 2. The average molecular weight is 234 g/mol. The SMILES string of the molecule is Nc1ccc(NCc2cccnc2)c(Cl)c1. The number of hydrogen-bond donors (Lipinski definition) is 2. The van der Waals surface area contributed by atoms with Crippen LogP contribution in [0.5, 0.6) is 0 Å². The molecule has 0 aliphatic carbocycles. The summed E-state index contributed by atoms with van der Waals surface area (Å²) < 4.78 is 0. The van der Waals surface area contributed by atoms with Crippen LogP contribution in [0, 0.1) is 0 Å². The number of nitrogens with two attached hydrogens (primary N) is 1. The number of nitrogens with one attached hydrogen (secondary N) is 1. The molecule has 2 rings (SSSR count). The number of benzene rings is 1. The van der Waals surface area contributed by atoms with Crippen LogP contribution in [0.1, 0.15) is 5.56 Å². The summed E-state index contributed by atoms with van der Waals surface area (Å²) in [5.41, 5.74) is 8.26. The number of aromatic nitrogens is 1. The third-order valence-electron chi connectivity index (χ3n) is 2.20. The lowest BCUT2D eigenvalue weighted by Gasteiger charge is -2.08. The molecule has 3 nitrogen and oxygen atoms in total. The number of pyridine rings is 1. The molecule has 2 aromatic rings. The van der Waals surface area contributed by atoms with Crippen LogP contribution < -0.4 is 11.1 Å². The molecule has 3 N–H and O–H groups in total. The van der Waals surface area contributed by atoms with Crippen LogP contribution in [-0.2, 0) is 6.54 Å². The number of nitrogens with zero attached hydrogens (tertiary/aromatic N) is 1. The zero-order chi connectivity index (χ0) is 11.4. The Hall–Kier alpha value is -1.74. The fourth-order valence-electron chi connectivity index (χ4n) is 1.37. The van der Waals surface area contributed by atoms with E-state index in [9.17, 15) is 0 Å². The lowest BCUT2D eigenvalue weighted by Crippen LogP contribution is -2.00. The van der Waals surface area contributed by atoms with Crippen LogP contribution in [0.25, 0.3) is 0 Å². The maximum atomic E-state index is 6.04. The molecule has 0 fully saturated rings. The molecule has 0 amide bonds. The van der Waals surface area contributed by atoms with Gasteiger partial charge in [-0.2, -0.15) is 0 Å². The lowest BCUT2D eigenvalue weighted by molar-refractivity contribution is 1.11. The van der Waals surface area contributed by atoms with Crippen molar-refractivity contribution < 1.29 is 0 Å². The molecular weight excluding hydrogens is 222 g/mol. The zero-order valence-electron chi connectivity index (χ0n) is 8.65. The van der Waals surface area contributed by atoms with Crippen molar-refractivity contribution in [1.29, 1.82) is 0 Å². The van der Waals surface area contributed by atoms with E-state index in [2.05, 4.69) is 10.3 Å². The fraction of sp³-hybridized carbons (Fsp3) is 0.0833. The molecule has 82 valence electrons. The van der Waals surface area contributed by atoms with E-state index in [1.165, 1.54) is 0 Å². The maximum absolute atomic E-state index is 6.04. The molecule has 1 aromatic carbocycles. The molecule has 1 aromatic heterocycles. The number of nitrogen functional groups attached to an aromatic ring is 1. The van der Waals surface area contributed by atoms with E-state index in [0.29, 0.717) is 17.3 Å². The monoisotopic (exact) mass is 233 g/mol. The van der Waals surface area contributed by atoms with Gasteiger partial charge in [-0.3, -0.25) is 4.98 Å². The predicted octanol–water partition coefficient (Wildman–Crippen LogP) is 2.93. The predicted molar refractivity (Wildman–Crippen MR) is 67.4 cm³/mol. The summed E-state index contributed by atoms with van der Waals surface area (Å²) in [5.74, 6) is 0. The fourth-order valence-corrected chi connectivity index (χ4v) is 1.63. The zero-order valence-corrected chi connectivity index (χ0v) is 9.41. The van der Waals surface area contributed by atoms with Gasteiger partial charge < -0.3 is 11.1 Å². The van der Waals surface area contributed by atoms with Crippen molar-refractivity contribution in [2.75, 3.05) is 11.1 Å². The molecule has 0 aliphatic rings. The van der Waals surface area contributed by atoms with E-state index in [1.54, 1.807) is 12.3 Å². The smallest absolute Gasteiger partial charge is 0.0658 e. The largest absolute Gasteiger partial charge is 0.399 e. The first-order chi connectivity index (χ1) is 7.75. The van der Waals surface area contributed by atoms with Crippen molar-refractivity contribution in [2.24, 2.45) is 0 Å². The van der Waals surface area contributed by atoms with Crippen LogP contribution in [-0.4, -0.2) is 4.98 Å². The number of rotatable bonds is 3. The van der Waals surface area contributed by atoms with Gasteiger partial charge in [-0.25, -0.2) is 0 Å². The van der Waals surface area contributed by atoms with E-state index in [-0.39, 0.29) is 0 Å². The van der Waals surface area contributed by atoms with Gasteiger partial charge in [-0.05, 0) is 29.8 Å². The van der Waals surface area contributed by atoms with Crippen LogP contribution >= 0.6 is 11.6 Å². The Bertz CT molecular complexity index is 471. The lowest BCUT2D eigenvalue weighted by atomic mass is 10.2. The molecule has 16 heavy (non-hydrogen) atoms. The van der Waals surface area contributed by atoms with E-state index in [0.717, 1.165) is 11.3 Å². The molecule has 0 aliphatic heterocycles. The van der Waals surface area contributed by atoms with Crippen molar-refractivity contribution in [3.8, 4) is 0 Å². The van der Waals surface area contributed by atoms with E-state index >= 15 is 0 Å². The van der Waals surface area contributed by atoms with Crippen LogP contribution in [0.3, 0.4) is 0 Å². The van der Waals surface area contributed by atoms with Crippen molar-refractivity contribution in [1.82, 2.24) is 4.98 Å². The quantitative estimate of drug-likeness (QED) is 0.802. The Morgan fingerprint density at radius 1 is 1.31 bits per heavy atom. The van der Waals surface area contributed by atoms with Gasteiger partial charge in [0.25, 0.3) is 0 Å². The molecular formula is C12H12ClN3. The normalized spacial score (nSPS) is 10.1. The third kappa shape index (κ3) is 2.64. The van der Waals surface area contributed by atoms with Gasteiger partial charge in [-0.1, -0.05) is 17.7 Å². The summed E-state index contributed by atoms with van der Waals surface area (Å²) in [6.07, 6.45) is 3.57. The van der Waals surface area contributed by atoms with E-state index in [4.69, 9.17) is 17.3 Å². The molecule has 0 atom stereocenters. The second-order valence-electron chi connectivity index (χ2n) is 3.45.